The van der Waals surface area contributed by atoms with Crippen molar-refractivity contribution in [3.05, 3.63) is 65.7 Å². The molecule has 0 radical (unpaired) electrons. The summed E-state index contributed by atoms with van der Waals surface area (Å²) in [6.07, 6.45) is 0. The summed E-state index contributed by atoms with van der Waals surface area (Å²) >= 11 is 0. The molecule has 0 aliphatic carbocycles. The minimum Gasteiger partial charge on any atom is -0.399 e. The summed E-state index contributed by atoms with van der Waals surface area (Å²) in [5.41, 5.74) is 9.30. The number of hydrogen-bond acceptors (Lipinski definition) is 2. The second-order valence-electron chi connectivity index (χ2n) is 5.25. The second-order valence-corrected chi connectivity index (χ2v) is 5.25. The number of rotatable bonds is 5. The van der Waals surface area contributed by atoms with Crippen LogP contribution >= 0.6 is 0 Å². The van der Waals surface area contributed by atoms with E-state index >= 15 is 0 Å². The van der Waals surface area contributed by atoms with Crippen LogP contribution in [0.5, 0.6) is 0 Å². The zero-order valence-corrected chi connectivity index (χ0v) is 11.7. The molecule has 19 heavy (non-hydrogen) atoms. The lowest BCUT2D eigenvalue weighted by Gasteiger charge is -2.21. The SMILES string of the molecule is CC(CN(C)Cc1cccc(N)c1)c1ccccc1. The molecule has 2 aromatic carbocycles. The van der Waals surface area contributed by atoms with E-state index in [0.717, 1.165) is 18.8 Å². The molecule has 100 valence electrons. The van der Waals surface area contributed by atoms with Crippen LogP contribution in [0.3, 0.4) is 0 Å². The van der Waals surface area contributed by atoms with Crippen LogP contribution in [0.25, 0.3) is 0 Å². The third kappa shape index (κ3) is 4.11. The van der Waals surface area contributed by atoms with Gasteiger partial charge in [0.25, 0.3) is 0 Å². The fourth-order valence-electron chi connectivity index (χ4n) is 2.42. The Bertz CT molecular complexity index is 508. The monoisotopic (exact) mass is 254 g/mol. The molecule has 2 N–H and O–H groups in total. The standard InChI is InChI=1S/C17H22N2/c1-14(16-8-4-3-5-9-16)12-19(2)13-15-7-6-10-17(18)11-15/h3-11,14H,12-13,18H2,1-2H3. The summed E-state index contributed by atoms with van der Waals surface area (Å²) in [6.45, 7) is 4.24. The Morgan fingerprint density at radius 1 is 1.05 bits per heavy atom. The van der Waals surface area contributed by atoms with Crippen molar-refractivity contribution >= 4 is 5.69 Å². The zero-order chi connectivity index (χ0) is 13.7. The summed E-state index contributed by atoms with van der Waals surface area (Å²) in [4.78, 5) is 2.34. The Labute approximate surface area is 115 Å². The van der Waals surface area contributed by atoms with Gasteiger partial charge in [-0.3, -0.25) is 0 Å². The number of nitrogens with zero attached hydrogens (tertiary/aromatic N) is 1. The molecule has 0 saturated carbocycles. The average molecular weight is 254 g/mol. The molecule has 0 aromatic heterocycles. The van der Waals surface area contributed by atoms with Crippen molar-refractivity contribution < 1.29 is 0 Å². The van der Waals surface area contributed by atoms with Gasteiger partial charge in [-0.25, -0.2) is 0 Å². The summed E-state index contributed by atoms with van der Waals surface area (Å²) < 4.78 is 0. The predicted octanol–water partition coefficient (Wildman–Crippen LogP) is 3.50. The Kier molecular flexibility index (Phi) is 4.58. The fourth-order valence-corrected chi connectivity index (χ4v) is 2.42. The van der Waals surface area contributed by atoms with Crippen LogP contribution in [-0.2, 0) is 6.54 Å². The van der Waals surface area contributed by atoms with Crippen LogP contribution < -0.4 is 5.73 Å². The van der Waals surface area contributed by atoms with E-state index in [1.807, 2.05) is 18.2 Å². The molecule has 0 saturated heterocycles. The molecule has 0 amide bonds. The predicted molar refractivity (Wildman–Crippen MR) is 82.0 cm³/mol. The molecule has 0 bridgehead atoms. The molecule has 1 atom stereocenters. The van der Waals surface area contributed by atoms with E-state index in [4.69, 9.17) is 5.73 Å². The second kappa shape index (κ2) is 6.39. The third-order valence-electron chi connectivity index (χ3n) is 3.36. The Balaban J connectivity index is 1.92. The highest BCUT2D eigenvalue weighted by molar-refractivity contribution is 5.40. The van der Waals surface area contributed by atoms with Gasteiger partial charge < -0.3 is 10.6 Å². The van der Waals surface area contributed by atoms with Crippen molar-refractivity contribution in [3.8, 4) is 0 Å². The molecule has 2 rings (SSSR count). The highest BCUT2D eigenvalue weighted by atomic mass is 15.1. The summed E-state index contributed by atoms with van der Waals surface area (Å²) in [7, 11) is 2.16. The normalized spacial score (nSPS) is 12.6. The van der Waals surface area contributed by atoms with Gasteiger partial charge in [0.1, 0.15) is 0 Å². The Hall–Kier alpha value is -1.80. The number of likely N-dealkylation sites (N-methyl/N-ethyl adjacent to an activating group) is 1. The Morgan fingerprint density at radius 2 is 1.79 bits per heavy atom. The van der Waals surface area contributed by atoms with Crippen LogP contribution in [-0.4, -0.2) is 18.5 Å². The lowest BCUT2D eigenvalue weighted by molar-refractivity contribution is 0.309. The van der Waals surface area contributed by atoms with E-state index in [0.29, 0.717) is 5.92 Å². The molecule has 0 fully saturated rings. The molecule has 2 nitrogen and oxygen atoms in total. The Morgan fingerprint density at radius 3 is 2.47 bits per heavy atom. The van der Waals surface area contributed by atoms with E-state index in [9.17, 15) is 0 Å². The van der Waals surface area contributed by atoms with E-state index in [1.165, 1.54) is 11.1 Å². The maximum Gasteiger partial charge on any atom is 0.0317 e. The van der Waals surface area contributed by atoms with Crippen molar-refractivity contribution in [2.24, 2.45) is 0 Å². The van der Waals surface area contributed by atoms with Crippen molar-refractivity contribution in [2.75, 3.05) is 19.3 Å². The van der Waals surface area contributed by atoms with Crippen LogP contribution in [0, 0.1) is 0 Å². The first-order valence-corrected chi connectivity index (χ1v) is 6.73. The minimum absolute atomic E-state index is 0.534. The molecule has 1 unspecified atom stereocenters. The van der Waals surface area contributed by atoms with Gasteiger partial charge in [0.15, 0.2) is 0 Å². The molecular weight excluding hydrogens is 232 g/mol. The lowest BCUT2D eigenvalue weighted by atomic mass is 10.0. The van der Waals surface area contributed by atoms with Gasteiger partial charge in [0, 0.05) is 18.8 Å². The van der Waals surface area contributed by atoms with Gasteiger partial charge in [0.2, 0.25) is 0 Å². The van der Waals surface area contributed by atoms with Gasteiger partial charge in [-0.05, 0) is 36.2 Å². The van der Waals surface area contributed by atoms with Crippen molar-refractivity contribution in [2.45, 2.75) is 19.4 Å². The number of anilines is 1. The first-order valence-electron chi connectivity index (χ1n) is 6.73. The van der Waals surface area contributed by atoms with Crippen LogP contribution in [0.2, 0.25) is 0 Å². The summed E-state index contributed by atoms with van der Waals surface area (Å²) in [6, 6.07) is 18.8. The first-order chi connectivity index (χ1) is 9.15. The maximum atomic E-state index is 5.81. The molecule has 0 aliphatic rings. The average Bonchev–Trinajstić information content (AvgIpc) is 2.39. The summed E-state index contributed by atoms with van der Waals surface area (Å²) in [5, 5.41) is 0. The largest absolute Gasteiger partial charge is 0.399 e. The van der Waals surface area contributed by atoms with Gasteiger partial charge in [-0.2, -0.15) is 0 Å². The number of nitrogen functional groups attached to an aromatic ring is 1. The van der Waals surface area contributed by atoms with Gasteiger partial charge >= 0.3 is 0 Å². The van der Waals surface area contributed by atoms with Crippen LogP contribution in [0.4, 0.5) is 5.69 Å². The van der Waals surface area contributed by atoms with E-state index in [-0.39, 0.29) is 0 Å². The van der Waals surface area contributed by atoms with Crippen molar-refractivity contribution in [1.82, 2.24) is 4.90 Å². The smallest absolute Gasteiger partial charge is 0.0317 e. The quantitative estimate of drug-likeness (QED) is 0.827. The minimum atomic E-state index is 0.534. The van der Waals surface area contributed by atoms with E-state index < -0.39 is 0 Å². The first kappa shape index (κ1) is 13.6. The fraction of sp³-hybridized carbons (Fsp3) is 0.294. The van der Waals surface area contributed by atoms with Gasteiger partial charge in [0.05, 0.1) is 0 Å². The molecule has 0 heterocycles. The van der Waals surface area contributed by atoms with Crippen LogP contribution in [0.15, 0.2) is 54.6 Å². The number of benzene rings is 2. The molecule has 2 heteroatoms. The number of hydrogen-bond donors (Lipinski definition) is 1. The van der Waals surface area contributed by atoms with Crippen molar-refractivity contribution in [3.63, 3.8) is 0 Å². The van der Waals surface area contributed by atoms with Gasteiger partial charge in [-0.1, -0.05) is 49.4 Å². The van der Waals surface area contributed by atoms with Crippen molar-refractivity contribution in [1.29, 1.82) is 0 Å². The highest BCUT2D eigenvalue weighted by Gasteiger charge is 2.08. The topological polar surface area (TPSA) is 29.3 Å². The van der Waals surface area contributed by atoms with Crippen LogP contribution in [0.1, 0.15) is 24.0 Å². The molecule has 0 spiro atoms. The summed E-state index contributed by atoms with van der Waals surface area (Å²) in [5.74, 6) is 0.534. The van der Waals surface area contributed by atoms with E-state index in [1.54, 1.807) is 0 Å². The maximum absolute atomic E-state index is 5.81. The molecular formula is C17H22N2. The molecule has 0 aliphatic heterocycles. The number of nitrogens with two attached hydrogens (primary N) is 1. The third-order valence-corrected chi connectivity index (χ3v) is 3.36. The highest BCUT2D eigenvalue weighted by Crippen LogP contribution is 2.17. The zero-order valence-electron chi connectivity index (χ0n) is 11.7. The van der Waals surface area contributed by atoms with Gasteiger partial charge in [-0.15, -0.1) is 0 Å². The molecule has 2 aromatic rings. The van der Waals surface area contributed by atoms with E-state index in [2.05, 4.69) is 55.3 Å². The lowest BCUT2D eigenvalue weighted by Crippen LogP contribution is -2.23.